The first-order chi connectivity index (χ1) is 21.3. The summed E-state index contributed by atoms with van der Waals surface area (Å²) in [6, 6.07) is 58.8. The minimum absolute atomic E-state index is 0. The van der Waals surface area contributed by atoms with Crippen LogP contribution in [-0.4, -0.2) is 0 Å². The van der Waals surface area contributed by atoms with Crippen LogP contribution in [0, 0.1) is 0 Å². The first-order valence-electron chi connectivity index (χ1n) is 14.6. The van der Waals surface area contributed by atoms with Gasteiger partial charge in [-0.15, -0.1) is 0 Å². The number of benzene rings is 9. The smallest absolute Gasteiger partial charge is 0.0260 e. The van der Waals surface area contributed by atoms with Gasteiger partial charge in [0.2, 0.25) is 0 Å². The van der Waals surface area contributed by atoms with E-state index in [0.717, 1.165) is 4.47 Å². The summed E-state index contributed by atoms with van der Waals surface area (Å²) >= 11 is 3.62. The van der Waals surface area contributed by atoms with Crippen LogP contribution in [0.3, 0.4) is 0 Å². The van der Waals surface area contributed by atoms with Gasteiger partial charge in [0, 0.05) is 21.5 Å². The van der Waals surface area contributed by atoms with Crippen LogP contribution in [0.1, 0.15) is 0 Å². The van der Waals surface area contributed by atoms with Crippen molar-refractivity contribution in [2.45, 2.75) is 0 Å². The molecule has 0 aromatic heterocycles. The SMILES string of the molecule is Brc1cc2ccccc2c2ccccc12.[Cu].c1ccc2c(c1)cc(-c1cc3ccccc3c3ccccc13)c1ccccc12. The van der Waals surface area contributed by atoms with Crippen molar-refractivity contribution in [2.24, 2.45) is 0 Å². The Morgan fingerprint density at radius 2 is 0.545 bits per heavy atom. The van der Waals surface area contributed by atoms with Crippen molar-refractivity contribution in [2.75, 3.05) is 0 Å². The molecule has 0 saturated heterocycles. The van der Waals surface area contributed by atoms with Crippen molar-refractivity contribution in [3.05, 3.63) is 168 Å². The maximum Gasteiger partial charge on any atom is 0.0260 e. The fraction of sp³-hybridized carbons (Fsp3) is 0. The number of hydrogen-bond donors (Lipinski definition) is 0. The predicted molar refractivity (Wildman–Crippen MR) is 191 cm³/mol. The molecular formula is C42H27BrCu. The monoisotopic (exact) mass is 673 g/mol. The Balaban J connectivity index is 0.000000166. The minimum Gasteiger partial charge on any atom is -0.0616 e. The van der Waals surface area contributed by atoms with Crippen LogP contribution >= 0.6 is 15.9 Å². The quantitative estimate of drug-likeness (QED) is 0.120. The van der Waals surface area contributed by atoms with Crippen LogP contribution < -0.4 is 0 Å². The summed E-state index contributed by atoms with van der Waals surface area (Å²) in [7, 11) is 0. The molecule has 44 heavy (non-hydrogen) atoms. The second-order valence-corrected chi connectivity index (χ2v) is 11.9. The van der Waals surface area contributed by atoms with Crippen LogP contribution in [0.2, 0.25) is 0 Å². The van der Waals surface area contributed by atoms with Gasteiger partial charge in [0.05, 0.1) is 0 Å². The standard InChI is InChI=1S/C28H18.C14H9Br.Cu/c1-3-11-21-19(9-1)17-27(25-15-7-5-13-23(21)25)28-18-20-10-2-4-12-22(20)24-14-6-8-16-26(24)28;15-14-9-10-5-1-2-6-11(10)12-7-3-4-8-13(12)14;/h1-18H;1-9H;. The summed E-state index contributed by atoms with van der Waals surface area (Å²) < 4.78 is 1.16. The number of hydrogen-bond acceptors (Lipinski definition) is 0. The summed E-state index contributed by atoms with van der Waals surface area (Å²) in [6.45, 7) is 0. The number of fused-ring (bicyclic) bond motifs is 9. The van der Waals surface area contributed by atoms with Crippen molar-refractivity contribution in [1.82, 2.24) is 0 Å². The first-order valence-corrected chi connectivity index (χ1v) is 15.4. The molecule has 0 atom stereocenters. The molecule has 1 radical (unpaired) electrons. The molecule has 213 valence electrons. The zero-order chi connectivity index (χ0) is 28.8. The van der Waals surface area contributed by atoms with E-state index in [0.29, 0.717) is 0 Å². The van der Waals surface area contributed by atoms with Gasteiger partial charge in [-0.3, -0.25) is 0 Å². The summed E-state index contributed by atoms with van der Waals surface area (Å²) in [6.07, 6.45) is 0. The average Bonchev–Trinajstić information content (AvgIpc) is 3.08. The van der Waals surface area contributed by atoms with Crippen LogP contribution in [0.25, 0.3) is 75.8 Å². The Bertz CT molecular complexity index is 2360. The normalized spacial score (nSPS) is 11.1. The van der Waals surface area contributed by atoms with Crippen molar-refractivity contribution in [3.8, 4) is 11.1 Å². The van der Waals surface area contributed by atoms with Gasteiger partial charge in [-0.25, -0.2) is 0 Å². The predicted octanol–water partition coefficient (Wildman–Crippen LogP) is 12.7. The van der Waals surface area contributed by atoms with E-state index >= 15 is 0 Å². The third kappa shape index (κ3) is 4.86. The topological polar surface area (TPSA) is 0 Å². The zero-order valence-corrected chi connectivity index (χ0v) is 26.3. The second kappa shape index (κ2) is 11.9. The molecule has 0 heterocycles. The molecular weight excluding hydrogens is 648 g/mol. The minimum atomic E-state index is 0. The summed E-state index contributed by atoms with van der Waals surface area (Å²) in [5.41, 5.74) is 2.60. The Hall–Kier alpha value is -4.46. The molecule has 0 aliphatic carbocycles. The molecule has 0 bridgehead atoms. The van der Waals surface area contributed by atoms with Gasteiger partial charge in [-0.1, -0.05) is 162 Å². The zero-order valence-electron chi connectivity index (χ0n) is 23.8. The molecule has 9 rings (SSSR count). The fourth-order valence-electron chi connectivity index (χ4n) is 6.56. The van der Waals surface area contributed by atoms with Crippen molar-refractivity contribution in [3.63, 3.8) is 0 Å². The molecule has 0 aliphatic heterocycles. The largest absolute Gasteiger partial charge is 0.0616 e. The molecule has 9 aromatic carbocycles. The second-order valence-electron chi connectivity index (χ2n) is 11.0. The van der Waals surface area contributed by atoms with Crippen LogP contribution in [-0.2, 0) is 17.1 Å². The van der Waals surface area contributed by atoms with Gasteiger partial charge in [-0.05, 0) is 94.0 Å². The Morgan fingerprint density at radius 3 is 0.955 bits per heavy atom. The van der Waals surface area contributed by atoms with Gasteiger partial charge in [0.15, 0.2) is 0 Å². The Kier molecular flexibility index (Phi) is 7.66. The molecule has 0 spiro atoms. The Labute approximate surface area is 275 Å². The van der Waals surface area contributed by atoms with E-state index in [-0.39, 0.29) is 17.1 Å². The van der Waals surface area contributed by atoms with Crippen LogP contribution in [0.15, 0.2) is 168 Å². The van der Waals surface area contributed by atoms with E-state index < -0.39 is 0 Å². The van der Waals surface area contributed by atoms with E-state index in [1.807, 2.05) is 0 Å². The maximum atomic E-state index is 3.62. The van der Waals surface area contributed by atoms with Crippen molar-refractivity contribution < 1.29 is 17.1 Å². The summed E-state index contributed by atoms with van der Waals surface area (Å²) in [5, 5.41) is 15.6. The number of halogens is 1. The van der Waals surface area contributed by atoms with E-state index in [9.17, 15) is 0 Å². The van der Waals surface area contributed by atoms with E-state index in [1.165, 1.54) is 75.8 Å². The van der Waals surface area contributed by atoms with Crippen LogP contribution in [0.4, 0.5) is 0 Å². The molecule has 9 aromatic rings. The van der Waals surface area contributed by atoms with Gasteiger partial charge < -0.3 is 0 Å². The molecule has 0 unspecified atom stereocenters. The number of rotatable bonds is 1. The molecule has 0 N–H and O–H groups in total. The van der Waals surface area contributed by atoms with Gasteiger partial charge >= 0.3 is 0 Å². The van der Waals surface area contributed by atoms with Gasteiger partial charge in [0.1, 0.15) is 0 Å². The summed E-state index contributed by atoms with van der Waals surface area (Å²) in [4.78, 5) is 0. The van der Waals surface area contributed by atoms with Crippen LogP contribution in [0.5, 0.6) is 0 Å². The molecule has 0 fully saturated rings. The van der Waals surface area contributed by atoms with E-state index in [4.69, 9.17) is 0 Å². The Morgan fingerprint density at radius 1 is 0.273 bits per heavy atom. The van der Waals surface area contributed by atoms with Gasteiger partial charge in [0.25, 0.3) is 0 Å². The first kappa shape index (κ1) is 28.3. The molecule has 2 heteroatoms. The molecule has 0 amide bonds. The van der Waals surface area contributed by atoms with E-state index in [2.05, 4.69) is 180 Å². The average molecular weight is 675 g/mol. The van der Waals surface area contributed by atoms with Crippen molar-refractivity contribution >= 4 is 80.6 Å². The fourth-order valence-corrected chi connectivity index (χ4v) is 7.16. The third-order valence-corrected chi connectivity index (χ3v) is 9.20. The van der Waals surface area contributed by atoms with Crippen molar-refractivity contribution in [1.29, 1.82) is 0 Å². The molecule has 0 saturated carbocycles. The maximum absolute atomic E-state index is 3.62. The molecule has 0 nitrogen and oxygen atoms in total. The summed E-state index contributed by atoms with van der Waals surface area (Å²) in [5.74, 6) is 0. The van der Waals surface area contributed by atoms with Gasteiger partial charge in [-0.2, -0.15) is 0 Å². The van der Waals surface area contributed by atoms with E-state index in [1.54, 1.807) is 0 Å². The third-order valence-electron chi connectivity index (χ3n) is 8.54. The molecule has 0 aliphatic rings.